The number of benzene rings is 1. The minimum atomic E-state index is -0.413. The van der Waals surface area contributed by atoms with Gasteiger partial charge in [0, 0.05) is 40.5 Å². The molecule has 0 aliphatic carbocycles. The topological polar surface area (TPSA) is 68.9 Å². The first-order valence-corrected chi connectivity index (χ1v) is 7.56. The monoisotopic (exact) mass is 305 g/mol. The lowest BCUT2D eigenvalue weighted by Crippen LogP contribution is -2.08. The zero-order chi connectivity index (χ0) is 15.1. The van der Waals surface area contributed by atoms with E-state index in [1.165, 1.54) is 11.3 Å². The van der Waals surface area contributed by atoms with Crippen LogP contribution in [0.15, 0.2) is 55.0 Å². The minimum absolute atomic E-state index is 0.413. The second-order valence-electron chi connectivity index (χ2n) is 4.99. The number of hydrogen-bond acceptors (Lipinski definition) is 4. The Hall–Kier alpha value is -2.79. The smallest absolute Gasteiger partial charge is 0.258 e. The summed E-state index contributed by atoms with van der Waals surface area (Å²) >= 11 is 1.36. The van der Waals surface area contributed by atoms with E-state index in [1.807, 2.05) is 36.5 Å². The van der Waals surface area contributed by atoms with Crippen LogP contribution in [0.3, 0.4) is 0 Å². The van der Waals surface area contributed by atoms with Gasteiger partial charge in [0.05, 0.1) is 15.1 Å². The molecule has 4 nitrogen and oxygen atoms in total. The number of hydrogen-bond donors (Lipinski definition) is 1. The summed E-state index contributed by atoms with van der Waals surface area (Å²) in [5, 5.41) is 2.05. The molecule has 0 saturated carbocycles. The summed E-state index contributed by atoms with van der Waals surface area (Å²) in [6, 6.07) is 11.9. The van der Waals surface area contributed by atoms with E-state index in [2.05, 4.69) is 16.0 Å². The molecule has 4 aromatic rings. The van der Waals surface area contributed by atoms with Crippen LogP contribution >= 0.6 is 11.3 Å². The van der Waals surface area contributed by atoms with Gasteiger partial charge in [-0.3, -0.25) is 14.8 Å². The van der Waals surface area contributed by atoms with Crippen molar-refractivity contribution in [2.24, 2.45) is 5.73 Å². The maximum atomic E-state index is 11.4. The van der Waals surface area contributed by atoms with E-state index >= 15 is 0 Å². The van der Waals surface area contributed by atoms with Crippen molar-refractivity contribution in [3.05, 3.63) is 59.9 Å². The molecule has 1 aromatic carbocycles. The first-order chi connectivity index (χ1) is 10.7. The molecule has 0 fully saturated rings. The number of carbonyl (C=O) groups is 1. The minimum Gasteiger partial charge on any atom is -0.365 e. The van der Waals surface area contributed by atoms with Gasteiger partial charge >= 0.3 is 0 Å². The predicted molar refractivity (Wildman–Crippen MR) is 88.9 cm³/mol. The van der Waals surface area contributed by atoms with E-state index in [-0.39, 0.29) is 0 Å². The number of nitrogens with zero attached hydrogens (tertiary/aromatic N) is 2. The zero-order valence-corrected chi connectivity index (χ0v) is 12.3. The average Bonchev–Trinajstić information content (AvgIpc) is 2.99. The van der Waals surface area contributed by atoms with Crippen LogP contribution in [0.5, 0.6) is 0 Å². The largest absolute Gasteiger partial charge is 0.365 e. The van der Waals surface area contributed by atoms with Gasteiger partial charge in [-0.15, -0.1) is 11.3 Å². The molecule has 106 valence electrons. The predicted octanol–water partition coefficient (Wildman–Crippen LogP) is 3.61. The molecule has 2 N–H and O–H groups in total. The Morgan fingerprint density at radius 3 is 2.82 bits per heavy atom. The lowest BCUT2D eigenvalue weighted by Gasteiger charge is -2.04. The number of carbonyl (C=O) groups excluding carboxylic acids is 1. The third kappa shape index (κ3) is 2.03. The number of fused-ring (bicyclic) bond motifs is 2. The van der Waals surface area contributed by atoms with Crippen LogP contribution in [0.25, 0.3) is 32.1 Å². The molecule has 0 atom stereocenters. The highest BCUT2D eigenvalue weighted by Crippen LogP contribution is 2.33. The molecule has 0 radical (unpaired) electrons. The fraction of sp³-hybridized carbons (Fsp3) is 0. The van der Waals surface area contributed by atoms with E-state index in [4.69, 9.17) is 5.73 Å². The third-order valence-electron chi connectivity index (χ3n) is 3.59. The third-order valence-corrected chi connectivity index (χ3v) is 4.67. The van der Waals surface area contributed by atoms with Gasteiger partial charge in [-0.2, -0.15) is 0 Å². The summed E-state index contributed by atoms with van der Waals surface area (Å²) in [6.45, 7) is 0. The quantitative estimate of drug-likeness (QED) is 0.615. The molecule has 0 aliphatic rings. The van der Waals surface area contributed by atoms with E-state index in [0.29, 0.717) is 4.88 Å². The molecule has 0 bridgehead atoms. The Kier molecular flexibility index (Phi) is 2.87. The van der Waals surface area contributed by atoms with Crippen LogP contribution in [0.1, 0.15) is 9.67 Å². The van der Waals surface area contributed by atoms with Crippen LogP contribution in [0.2, 0.25) is 0 Å². The van der Waals surface area contributed by atoms with Gasteiger partial charge in [0.25, 0.3) is 5.91 Å². The van der Waals surface area contributed by atoms with Crippen LogP contribution in [-0.2, 0) is 0 Å². The van der Waals surface area contributed by atoms with Gasteiger partial charge in [0.2, 0.25) is 0 Å². The van der Waals surface area contributed by atoms with Crippen LogP contribution in [-0.4, -0.2) is 15.9 Å². The van der Waals surface area contributed by atoms with Crippen LogP contribution in [0, 0.1) is 0 Å². The molecule has 5 heteroatoms. The maximum Gasteiger partial charge on any atom is 0.258 e. The molecule has 22 heavy (non-hydrogen) atoms. The Labute approximate surface area is 130 Å². The summed E-state index contributed by atoms with van der Waals surface area (Å²) in [7, 11) is 0. The van der Waals surface area contributed by atoms with E-state index < -0.39 is 5.91 Å². The molecular formula is C17H11N3OS. The fourth-order valence-electron chi connectivity index (χ4n) is 2.53. The van der Waals surface area contributed by atoms with Crippen LogP contribution < -0.4 is 5.73 Å². The molecule has 0 spiro atoms. The fourth-order valence-corrected chi connectivity index (χ4v) is 3.44. The molecular weight excluding hydrogens is 294 g/mol. The van der Waals surface area contributed by atoms with Crippen molar-refractivity contribution in [3.63, 3.8) is 0 Å². The highest BCUT2D eigenvalue weighted by molar-refractivity contribution is 7.20. The Morgan fingerprint density at radius 2 is 1.95 bits per heavy atom. The summed E-state index contributed by atoms with van der Waals surface area (Å²) < 4.78 is 0.944. The van der Waals surface area contributed by atoms with Crippen molar-refractivity contribution in [2.45, 2.75) is 0 Å². The number of para-hydroxylation sites is 1. The number of thiophene rings is 1. The Morgan fingerprint density at radius 1 is 1.09 bits per heavy atom. The first kappa shape index (κ1) is 12.9. The number of amides is 1. The number of aromatic nitrogens is 2. The number of nitrogens with two attached hydrogens (primary N) is 1. The molecule has 0 saturated heterocycles. The van der Waals surface area contributed by atoms with Crippen molar-refractivity contribution in [1.29, 1.82) is 0 Å². The zero-order valence-electron chi connectivity index (χ0n) is 11.5. The van der Waals surface area contributed by atoms with Crippen molar-refractivity contribution >= 4 is 38.2 Å². The maximum absolute atomic E-state index is 11.4. The summed E-state index contributed by atoms with van der Waals surface area (Å²) in [5.41, 5.74) is 8.27. The van der Waals surface area contributed by atoms with Gasteiger partial charge in [-0.1, -0.05) is 18.2 Å². The molecule has 1 amide bonds. The van der Waals surface area contributed by atoms with Crippen molar-refractivity contribution in [1.82, 2.24) is 9.97 Å². The van der Waals surface area contributed by atoms with E-state index in [1.54, 1.807) is 12.4 Å². The second-order valence-corrected chi connectivity index (χ2v) is 6.07. The van der Waals surface area contributed by atoms with Gasteiger partial charge in [-0.25, -0.2) is 0 Å². The SMILES string of the molecule is NC(=O)c1cc2c(-c3cnc4ccccc4c3)cncc2s1. The average molecular weight is 305 g/mol. The van der Waals surface area contributed by atoms with Crippen LogP contribution in [0.4, 0.5) is 0 Å². The van der Waals surface area contributed by atoms with Crippen molar-refractivity contribution in [3.8, 4) is 11.1 Å². The van der Waals surface area contributed by atoms with Gasteiger partial charge in [0.15, 0.2) is 0 Å². The van der Waals surface area contributed by atoms with E-state index in [0.717, 1.165) is 32.1 Å². The molecule has 4 rings (SSSR count). The summed E-state index contributed by atoms with van der Waals surface area (Å²) in [6.07, 6.45) is 5.39. The number of primary amides is 1. The van der Waals surface area contributed by atoms with Gasteiger partial charge in [-0.05, 0) is 18.2 Å². The Bertz CT molecular complexity index is 1020. The lowest BCUT2D eigenvalue weighted by atomic mass is 10.0. The second kappa shape index (κ2) is 4.89. The van der Waals surface area contributed by atoms with Crippen molar-refractivity contribution < 1.29 is 4.79 Å². The summed E-state index contributed by atoms with van der Waals surface area (Å²) in [4.78, 5) is 20.7. The van der Waals surface area contributed by atoms with E-state index in [9.17, 15) is 4.79 Å². The highest BCUT2D eigenvalue weighted by Gasteiger charge is 2.12. The normalized spacial score (nSPS) is 11.1. The lowest BCUT2D eigenvalue weighted by molar-refractivity contribution is 0.100. The molecule has 3 heterocycles. The number of rotatable bonds is 2. The summed E-state index contributed by atoms with van der Waals surface area (Å²) in [5.74, 6) is -0.413. The highest BCUT2D eigenvalue weighted by atomic mass is 32.1. The van der Waals surface area contributed by atoms with Gasteiger partial charge in [0.1, 0.15) is 0 Å². The Balaban J connectivity index is 1.97. The molecule has 0 unspecified atom stereocenters. The van der Waals surface area contributed by atoms with Crippen molar-refractivity contribution in [2.75, 3.05) is 0 Å². The molecule has 0 aliphatic heterocycles. The standard InChI is InChI=1S/C17H11N3OS/c18-17(21)15-6-12-13(8-19-9-16(12)22-15)11-5-10-3-1-2-4-14(10)20-7-11/h1-9H,(H2,18,21). The molecule has 3 aromatic heterocycles. The number of pyridine rings is 2. The first-order valence-electron chi connectivity index (χ1n) is 6.75. The van der Waals surface area contributed by atoms with Gasteiger partial charge < -0.3 is 5.73 Å².